The van der Waals surface area contributed by atoms with Gasteiger partial charge in [-0.2, -0.15) is 4.31 Å². The van der Waals surface area contributed by atoms with Crippen LogP contribution in [0, 0.1) is 5.82 Å². The molecule has 3 rings (SSSR count). The molecule has 0 radical (unpaired) electrons. The van der Waals surface area contributed by atoms with Crippen molar-refractivity contribution in [3.8, 4) is 0 Å². The van der Waals surface area contributed by atoms with Crippen LogP contribution in [0.3, 0.4) is 0 Å². The van der Waals surface area contributed by atoms with Crippen molar-refractivity contribution in [3.63, 3.8) is 0 Å². The van der Waals surface area contributed by atoms with Crippen LogP contribution in [0.15, 0.2) is 12.1 Å². The van der Waals surface area contributed by atoms with E-state index in [1.165, 1.54) is 0 Å². The van der Waals surface area contributed by atoms with Crippen molar-refractivity contribution >= 4 is 74.2 Å². The number of hydrogen-bond acceptors (Lipinski definition) is 5. The Morgan fingerprint density at radius 2 is 2.00 bits per heavy atom. The molecule has 4 amide bonds. The van der Waals surface area contributed by atoms with Crippen LogP contribution < -0.4 is 9.21 Å². The first-order valence-electron chi connectivity index (χ1n) is 7.59. The predicted octanol–water partition coefficient (Wildman–Crippen LogP) is 2.64. The van der Waals surface area contributed by atoms with Crippen LogP contribution in [0.4, 0.5) is 25.4 Å². The lowest BCUT2D eigenvalue weighted by Gasteiger charge is -2.22. The molecule has 2 fully saturated rings. The quantitative estimate of drug-likeness (QED) is 0.530. The van der Waals surface area contributed by atoms with Gasteiger partial charge in [-0.1, -0.05) is 11.6 Å². The van der Waals surface area contributed by atoms with Crippen LogP contribution in [0.5, 0.6) is 0 Å². The Kier molecular flexibility index (Phi) is 5.38. The Balaban J connectivity index is 2.12. The Morgan fingerprint density at radius 1 is 1.36 bits per heavy atom. The van der Waals surface area contributed by atoms with E-state index in [2.05, 4.69) is 0 Å². The molecule has 2 unspecified atom stereocenters. The summed E-state index contributed by atoms with van der Waals surface area (Å²) in [6.45, 7) is 0.0806. The van der Waals surface area contributed by atoms with Gasteiger partial charge in [0.25, 0.3) is 15.9 Å². The first-order chi connectivity index (χ1) is 13.0. The van der Waals surface area contributed by atoms with E-state index in [1.807, 2.05) is 0 Å². The summed E-state index contributed by atoms with van der Waals surface area (Å²) >= 11 is 17.1. The zero-order valence-corrected chi connectivity index (χ0v) is 16.8. The Bertz CT molecular complexity index is 967. The van der Waals surface area contributed by atoms with Crippen LogP contribution >= 0.6 is 34.8 Å². The maximum atomic E-state index is 14.5. The summed E-state index contributed by atoms with van der Waals surface area (Å²) in [5, 5.41) is 7.17. The average Bonchev–Trinajstić information content (AvgIpc) is 3.08. The number of alkyl halides is 2. The second kappa shape index (κ2) is 7.21. The highest BCUT2D eigenvalue weighted by atomic mass is 35.5. The zero-order chi connectivity index (χ0) is 21.0. The molecule has 2 aliphatic rings. The van der Waals surface area contributed by atoms with Crippen molar-refractivity contribution in [1.29, 1.82) is 0 Å². The summed E-state index contributed by atoms with van der Waals surface area (Å²) < 4.78 is 38.4. The minimum atomic E-state index is -4.56. The number of rotatable bonds is 4. The number of nitrogens with zero attached hydrogens (tertiary/aromatic N) is 3. The fourth-order valence-corrected chi connectivity index (χ4v) is 4.78. The fraction of sp³-hybridized carbons (Fsp3) is 0.357. The Labute approximate surface area is 173 Å². The Hall–Kier alpha value is -1.82. The molecule has 14 heteroatoms. The number of sulfonamides is 1. The second-order valence-corrected chi connectivity index (χ2v) is 9.41. The number of imide groups is 1. The van der Waals surface area contributed by atoms with Gasteiger partial charge < -0.3 is 10.0 Å². The molecule has 9 nitrogen and oxygen atoms in total. The molecule has 2 saturated heterocycles. The molecular formula is C14H11Cl3FN3O6S. The smallest absolute Gasteiger partial charge is 0.425 e. The van der Waals surface area contributed by atoms with Gasteiger partial charge in [0.1, 0.15) is 17.1 Å². The number of anilines is 2. The molecule has 0 saturated carbocycles. The van der Waals surface area contributed by atoms with E-state index in [-0.39, 0.29) is 17.3 Å². The minimum Gasteiger partial charge on any atom is -0.464 e. The van der Waals surface area contributed by atoms with Crippen LogP contribution in [-0.4, -0.2) is 59.6 Å². The normalized spacial score (nSPS) is 22.0. The number of carbonyl (C=O) groups is 3. The third kappa shape index (κ3) is 3.25. The second-order valence-electron chi connectivity index (χ2n) is 5.98. The third-order valence-corrected chi connectivity index (χ3v) is 6.89. The highest BCUT2D eigenvalue weighted by Crippen LogP contribution is 2.39. The van der Waals surface area contributed by atoms with Gasteiger partial charge in [-0.25, -0.2) is 27.3 Å². The fourth-order valence-electron chi connectivity index (χ4n) is 3.10. The number of halogens is 4. The number of urea groups is 1. The first-order valence-corrected chi connectivity index (χ1v) is 10.5. The maximum Gasteiger partial charge on any atom is 0.425 e. The lowest BCUT2D eigenvalue weighted by Crippen LogP contribution is -2.38. The summed E-state index contributed by atoms with van der Waals surface area (Å²) in [6, 6.07) is -0.421. The van der Waals surface area contributed by atoms with E-state index in [4.69, 9.17) is 34.8 Å². The van der Waals surface area contributed by atoms with Crippen LogP contribution in [0.2, 0.25) is 5.02 Å². The van der Waals surface area contributed by atoms with Crippen LogP contribution in [0.1, 0.15) is 6.42 Å². The topological polar surface area (TPSA) is 115 Å². The predicted molar refractivity (Wildman–Crippen MR) is 99.2 cm³/mol. The highest BCUT2D eigenvalue weighted by molar-refractivity contribution is 7.94. The molecule has 1 aromatic rings. The van der Waals surface area contributed by atoms with Gasteiger partial charge >= 0.3 is 12.1 Å². The molecule has 0 aliphatic carbocycles. The molecule has 1 N–H and O–H groups in total. The van der Waals surface area contributed by atoms with E-state index in [9.17, 15) is 32.3 Å². The summed E-state index contributed by atoms with van der Waals surface area (Å²) in [5.74, 6) is -1.88. The van der Waals surface area contributed by atoms with Gasteiger partial charge in [0.05, 0.1) is 21.8 Å². The van der Waals surface area contributed by atoms with Crippen molar-refractivity contribution in [2.24, 2.45) is 0 Å². The van der Waals surface area contributed by atoms with Gasteiger partial charge in [-0.3, -0.25) is 4.79 Å². The number of benzene rings is 1. The summed E-state index contributed by atoms with van der Waals surface area (Å²) in [6.07, 6.45) is -1.78. The molecule has 2 heterocycles. The summed E-state index contributed by atoms with van der Waals surface area (Å²) in [4.78, 5) is 38.3. The van der Waals surface area contributed by atoms with Crippen LogP contribution in [0.25, 0.3) is 0 Å². The number of carboxylic acid groups (broad SMARTS) is 1. The standard InChI is InChI=1S/C14H11Cl3FN3O6S/c15-5-28(26,27)21(14(24)25)9-3-10(8(18)2-7(9)17)20-12(22)11-1-6(16)4-19(11)13(20)23/h2-3,6,11H,1,4-5H2,(H,24,25). The summed E-state index contributed by atoms with van der Waals surface area (Å²) in [5.41, 5.74) is -1.31. The van der Waals surface area contributed by atoms with Crippen LogP contribution in [-0.2, 0) is 14.8 Å². The van der Waals surface area contributed by atoms with Crippen molar-refractivity contribution in [2.45, 2.75) is 17.8 Å². The van der Waals surface area contributed by atoms with Crippen molar-refractivity contribution < 1.29 is 32.3 Å². The van der Waals surface area contributed by atoms with E-state index in [0.717, 1.165) is 4.90 Å². The molecule has 28 heavy (non-hydrogen) atoms. The largest absolute Gasteiger partial charge is 0.464 e. The van der Waals surface area contributed by atoms with Crippen molar-refractivity contribution in [1.82, 2.24) is 4.90 Å². The van der Waals surface area contributed by atoms with Gasteiger partial charge in [-0.05, 0) is 18.6 Å². The lowest BCUT2D eigenvalue weighted by atomic mass is 10.2. The van der Waals surface area contributed by atoms with Gasteiger partial charge in [0, 0.05) is 6.54 Å². The summed E-state index contributed by atoms with van der Waals surface area (Å²) in [7, 11) is -4.56. The zero-order valence-electron chi connectivity index (χ0n) is 13.7. The molecule has 0 spiro atoms. The minimum absolute atomic E-state index is 0.0806. The molecule has 1 aromatic carbocycles. The number of fused-ring (bicyclic) bond motifs is 1. The molecule has 0 bridgehead atoms. The van der Waals surface area contributed by atoms with E-state index < -0.39 is 66.9 Å². The van der Waals surface area contributed by atoms with E-state index in [1.54, 1.807) is 0 Å². The average molecular weight is 475 g/mol. The van der Waals surface area contributed by atoms with Gasteiger partial charge in [-0.15, -0.1) is 23.2 Å². The molecule has 2 aliphatic heterocycles. The third-order valence-electron chi connectivity index (χ3n) is 4.26. The number of hydrogen-bond donors (Lipinski definition) is 1. The van der Waals surface area contributed by atoms with Gasteiger partial charge in [0.2, 0.25) is 0 Å². The van der Waals surface area contributed by atoms with Crippen molar-refractivity contribution in [3.05, 3.63) is 23.0 Å². The monoisotopic (exact) mass is 473 g/mol. The van der Waals surface area contributed by atoms with Gasteiger partial charge in [0.15, 0.2) is 0 Å². The SMILES string of the molecule is O=C1C2CC(Cl)CN2C(=O)N1c1cc(N(C(=O)O)S(=O)(=O)CCl)c(Cl)cc1F. The van der Waals surface area contributed by atoms with E-state index in [0.29, 0.717) is 17.0 Å². The molecule has 2 atom stereocenters. The highest BCUT2D eigenvalue weighted by Gasteiger charge is 2.51. The van der Waals surface area contributed by atoms with Crippen molar-refractivity contribution in [2.75, 3.05) is 21.0 Å². The molecule has 0 aromatic heterocycles. The maximum absolute atomic E-state index is 14.5. The lowest BCUT2D eigenvalue weighted by molar-refractivity contribution is -0.119. The Morgan fingerprint density at radius 3 is 2.54 bits per heavy atom. The number of amides is 4. The van der Waals surface area contributed by atoms with E-state index >= 15 is 0 Å². The molecular weight excluding hydrogens is 464 g/mol. The molecule has 152 valence electrons. The first kappa shape index (κ1) is 20.9. The number of carbonyl (C=O) groups excluding carboxylic acids is 2.